The van der Waals surface area contributed by atoms with Gasteiger partial charge in [-0.1, -0.05) is 39.0 Å². The molecule has 6 nitrogen and oxygen atoms in total. The molecule has 3 aromatic rings. The molecule has 0 aromatic carbocycles. The Labute approximate surface area is 146 Å². The quantitative estimate of drug-likeness (QED) is 0.665. The van der Waals surface area contributed by atoms with E-state index in [9.17, 15) is 4.79 Å². The topological polar surface area (TPSA) is 65.1 Å². The predicted molar refractivity (Wildman–Crippen MR) is 97.9 cm³/mol. The Hall–Kier alpha value is -2.24. The van der Waals surface area contributed by atoms with Crippen molar-refractivity contribution in [2.45, 2.75) is 70.8 Å². The maximum Gasteiger partial charge on any atom is 0.261 e. The van der Waals surface area contributed by atoms with Gasteiger partial charge in [-0.2, -0.15) is 9.50 Å². The predicted octanol–water partition coefficient (Wildman–Crippen LogP) is 3.68. The Bertz CT molecular complexity index is 936. The van der Waals surface area contributed by atoms with Gasteiger partial charge in [0.15, 0.2) is 5.82 Å². The summed E-state index contributed by atoms with van der Waals surface area (Å²) in [5, 5.41) is 5.32. The van der Waals surface area contributed by atoms with Crippen LogP contribution < -0.4 is 5.56 Å². The molecule has 132 valence electrons. The largest absolute Gasteiger partial charge is 0.315 e. The van der Waals surface area contributed by atoms with E-state index in [0.717, 1.165) is 50.0 Å². The zero-order chi connectivity index (χ0) is 17.2. The molecule has 0 aliphatic heterocycles. The minimum atomic E-state index is 0.0118. The fourth-order valence-corrected chi connectivity index (χ4v) is 3.82. The molecule has 0 bridgehead atoms. The highest BCUT2D eigenvalue weighted by molar-refractivity contribution is 5.78. The van der Waals surface area contributed by atoms with Crippen molar-refractivity contribution in [1.29, 1.82) is 0 Å². The Balaban J connectivity index is 1.74. The summed E-state index contributed by atoms with van der Waals surface area (Å²) in [4.78, 5) is 21.8. The number of nitrogens with zero attached hydrogens (tertiary/aromatic N) is 5. The first-order chi connectivity index (χ1) is 12.3. The van der Waals surface area contributed by atoms with E-state index in [2.05, 4.69) is 16.9 Å². The second kappa shape index (κ2) is 6.94. The average molecular weight is 339 g/mol. The molecule has 1 aliphatic rings. The van der Waals surface area contributed by atoms with E-state index >= 15 is 0 Å². The summed E-state index contributed by atoms with van der Waals surface area (Å²) < 4.78 is 3.53. The van der Waals surface area contributed by atoms with E-state index in [1.807, 2.05) is 12.3 Å². The van der Waals surface area contributed by atoms with Gasteiger partial charge >= 0.3 is 0 Å². The van der Waals surface area contributed by atoms with Crippen molar-refractivity contribution in [3.63, 3.8) is 0 Å². The van der Waals surface area contributed by atoms with Gasteiger partial charge in [-0.3, -0.25) is 4.79 Å². The average Bonchev–Trinajstić information content (AvgIpc) is 3.09. The van der Waals surface area contributed by atoms with Gasteiger partial charge in [0, 0.05) is 24.9 Å². The molecule has 0 saturated heterocycles. The molecule has 25 heavy (non-hydrogen) atoms. The van der Waals surface area contributed by atoms with E-state index in [4.69, 9.17) is 5.10 Å². The van der Waals surface area contributed by atoms with Crippen LogP contribution in [0.15, 0.2) is 23.3 Å². The third-order valence-electron chi connectivity index (χ3n) is 5.30. The van der Waals surface area contributed by atoms with Crippen molar-refractivity contribution >= 4 is 16.7 Å². The molecule has 0 amide bonds. The van der Waals surface area contributed by atoms with Gasteiger partial charge in [-0.25, -0.2) is 4.98 Å². The zero-order valence-corrected chi connectivity index (χ0v) is 14.8. The third kappa shape index (κ3) is 3.05. The standard InChI is InChI=1S/C19H25N5O/c1-2-3-7-11-23-12-10-16-15(18(23)25)13-20-19-21-17(22-24(16)19)14-8-5-4-6-9-14/h10,12-14H,2-9,11H2,1H3. The number of hydrogen-bond acceptors (Lipinski definition) is 4. The molecule has 0 atom stereocenters. The summed E-state index contributed by atoms with van der Waals surface area (Å²) in [6, 6.07) is 1.97. The van der Waals surface area contributed by atoms with Crippen LogP contribution in [0.3, 0.4) is 0 Å². The second-order valence-electron chi connectivity index (χ2n) is 7.10. The van der Waals surface area contributed by atoms with Gasteiger partial charge in [0.05, 0.1) is 10.9 Å². The number of aromatic nitrogens is 5. The van der Waals surface area contributed by atoms with Gasteiger partial charge in [0.25, 0.3) is 11.3 Å². The van der Waals surface area contributed by atoms with Crippen LogP contribution in [0.4, 0.5) is 0 Å². The van der Waals surface area contributed by atoms with E-state index in [0.29, 0.717) is 17.1 Å². The Morgan fingerprint density at radius 1 is 1.20 bits per heavy atom. The van der Waals surface area contributed by atoms with Crippen molar-refractivity contribution in [3.8, 4) is 0 Å². The first-order valence-electron chi connectivity index (χ1n) is 9.52. The van der Waals surface area contributed by atoms with Gasteiger partial charge in [0.1, 0.15) is 0 Å². The second-order valence-corrected chi connectivity index (χ2v) is 7.10. The Morgan fingerprint density at radius 3 is 2.84 bits per heavy atom. The molecule has 0 radical (unpaired) electrons. The van der Waals surface area contributed by atoms with Crippen molar-refractivity contribution in [2.75, 3.05) is 0 Å². The minimum absolute atomic E-state index is 0.0118. The van der Waals surface area contributed by atoms with Gasteiger partial charge in [0.2, 0.25) is 0 Å². The van der Waals surface area contributed by atoms with Gasteiger partial charge in [-0.15, -0.1) is 5.10 Å². The smallest absolute Gasteiger partial charge is 0.261 e. The number of pyridine rings is 1. The van der Waals surface area contributed by atoms with E-state index in [1.165, 1.54) is 19.3 Å². The van der Waals surface area contributed by atoms with Crippen molar-refractivity contribution in [3.05, 3.63) is 34.6 Å². The summed E-state index contributed by atoms with van der Waals surface area (Å²) in [6.07, 6.45) is 12.9. The van der Waals surface area contributed by atoms with Crippen LogP contribution in [0.1, 0.15) is 70.0 Å². The monoisotopic (exact) mass is 339 g/mol. The normalized spacial score (nSPS) is 16.0. The molecular weight excluding hydrogens is 314 g/mol. The molecule has 0 spiro atoms. The fraction of sp³-hybridized carbons (Fsp3) is 0.579. The lowest BCUT2D eigenvalue weighted by molar-refractivity contribution is 0.429. The molecule has 1 aliphatic carbocycles. The molecule has 3 heterocycles. The number of aryl methyl sites for hydroxylation is 1. The SMILES string of the molecule is CCCCCn1ccc2c(cnc3nc(C4CCCCC4)nn32)c1=O. The van der Waals surface area contributed by atoms with Crippen LogP contribution in [0.25, 0.3) is 16.7 Å². The van der Waals surface area contributed by atoms with E-state index < -0.39 is 0 Å². The van der Waals surface area contributed by atoms with Gasteiger partial charge < -0.3 is 4.57 Å². The highest BCUT2D eigenvalue weighted by Gasteiger charge is 2.21. The molecule has 1 saturated carbocycles. The van der Waals surface area contributed by atoms with Crippen LogP contribution in [-0.2, 0) is 6.54 Å². The fourth-order valence-electron chi connectivity index (χ4n) is 3.82. The summed E-state index contributed by atoms with van der Waals surface area (Å²) >= 11 is 0. The lowest BCUT2D eigenvalue weighted by atomic mass is 9.89. The van der Waals surface area contributed by atoms with Crippen LogP contribution >= 0.6 is 0 Å². The van der Waals surface area contributed by atoms with Crippen LogP contribution in [0.2, 0.25) is 0 Å². The summed E-state index contributed by atoms with van der Waals surface area (Å²) in [5.74, 6) is 1.91. The third-order valence-corrected chi connectivity index (χ3v) is 5.30. The summed E-state index contributed by atoms with van der Waals surface area (Å²) in [6.45, 7) is 2.92. The lowest BCUT2D eigenvalue weighted by Gasteiger charge is -2.17. The minimum Gasteiger partial charge on any atom is -0.315 e. The first kappa shape index (κ1) is 16.2. The van der Waals surface area contributed by atoms with Crippen LogP contribution in [0, 0.1) is 0 Å². The maximum atomic E-state index is 12.7. The zero-order valence-electron chi connectivity index (χ0n) is 14.8. The molecule has 0 unspecified atom stereocenters. The first-order valence-corrected chi connectivity index (χ1v) is 9.52. The number of unbranched alkanes of at least 4 members (excludes halogenated alkanes) is 2. The number of hydrogen-bond donors (Lipinski definition) is 0. The number of rotatable bonds is 5. The molecule has 6 heteroatoms. The summed E-state index contributed by atoms with van der Waals surface area (Å²) in [5.41, 5.74) is 0.814. The van der Waals surface area contributed by atoms with E-state index in [-0.39, 0.29) is 5.56 Å². The maximum absolute atomic E-state index is 12.7. The van der Waals surface area contributed by atoms with Crippen molar-refractivity contribution in [2.24, 2.45) is 0 Å². The van der Waals surface area contributed by atoms with Crippen LogP contribution in [0.5, 0.6) is 0 Å². The Kier molecular flexibility index (Phi) is 4.51. The highest BCUT2D eigenvalue weighted by Crippen LogP contribution is 2.31. The molecule has 0 N–H and O–H groups in total. The molecule has 4 rings (SSSR count). The van der Waals surface area contributed by atoms with Crippen LogP contribution in [-0.4, -0.2) is 24.1 Å². The molecule has 1 fully saturated rings. The van der Waals surface area contributed by atoms with Gasteiger partial charge in [-0.05, 0) is 25.3 Å². The Morgan fingerprint density at radius 2 is 2.04 bits per heavy atom. The lowest BCUT2D eigenvalue weighted by Crippen LogP contribution is -2.20. The van der Waals surface area contributed by atoms with Crippen molar-refractivity contribution in [1.82, 2.24) is 24.1 Å². The van der Waals surface area contributed by atoms with Crippen molar-refractivity contribution < 1.29 is 0 Å². The van der Waals surface area contributed by atoms with E-state index in [1.54, 1.807) is 15.3 Å². The highest BCUT2D eigenvalue weighted by atomic mass is 16.1. The summed E-state index contributed by atoms with van der Waals surface area (Å²) in [7, 11) is 0. The molecule has 3 aromatic heterocycles. The number of fused-ring (bicyclic) bond motifs is 3. The molecular formula is C19H25N5O.